The number of para-hydroxylation sites is 2. The zero-order chi connectivity index (χ0) is 17.9. The molecule has 0 aliphatic carbocycles. The Balaban J connectivity index is 1.83. The van der Waals surface area contributed by atoms with Crippen molar-refractivity contribution in [3.63, 3.8) is 0 Å². The molecule has 0 unspecified atom stereocenters. The first-order valence-corrected chi connectivity index (χ1v) is 7.88. The van der Waals surface area contributed by atoms with Crippen LogP contribution >= 0.6 is 0 Å². The molecule has 2 aromatic rings. The number of hydrogen-bond acceptors (Lipinski definition) is 4. The topological polar surface area (TPSA) is 91.2 Å². The number of hydrogen-bond donors (Lipinski definition) is 2. The van der Waals surface area contributed by atoms with Crippen molar-refractivity contribution in [3.05, 3.63) is 60.2 Å². The molecule has 0 aliphatic rings. The van der Waals surface area contributed by atoms with Crippen LogP contribution in [0.15, 0.2) is 54.6 Å². The number of ether oxygens (including phenoxy) is 1. The van der Waals surface area contributed by atoms with Crippen molar-refractivity contribution >= 4 is 17.5 Å². The molecule has 0 saturated heterocycles. The molecule has 0 radical (unpaired) electrons. The van der Waals surface area contributed by atoms with Crippen LogP contribution in [0.25, 0.3) is 0 Å². The summed E-state index contributed by atoms with van der Waals surface area (Å²) in [5.41, 5.74) is 1.40. The molecule has 2 aromatic carbocycles. The van der Waals surface area contributed by atoms with Crippen LogP contribution in [-0.4, -0.2) is 18.4 Å². The Morgan fingerprint density at radius 1 is 1.00 bits per heavy atom. The Labute approximate surface area is 146 Å². The molecule has 6 heteroatoms. The van der Waals surface area contributed by atoms with Gasteiger partial charge in [-0.15, -0.1) is 0 Å². The van der Waals surface area contributed by atoms with E-state index in [9.17, 15) is 9.59 Å². The minimum Gasteiger partial charge on any atom is -0.493 e. The molecule has 0 bridgehead atoms. The smallest absolute Gasteiger partial charge is 0.234 e. The van der Waals surface area contributed by atoms with E-state index < -0.39 is 0 Å². The molecule has 0 aliphatic heterocycles. The lowest BCUT2D eigenvalue weighted by Crippen LogP contribution is -2.23. The van der Waals surface area contributed by atoms with Gasteiger partial charge in [0.05, 0.1) is 19.1 Å². The van der Waals surface area contributed by atoms with Crippen LogP contribution in [0, 0.1) is 11.3 Å². The molecule has 0 heterocycles. The van der Waals surface area contributed by atoms with Gasteiger partial charge in [-0.3, -0.25) is 9.59 Å². The van der Waals surface area contributed by atoms with Gasteiger partial charge in [0.25, 0.3) is 0 Å². The van der Waals surface area contributed by atoms with E-state index in [0.29, 0.717) is 5.69 Å². The van der Waals surface area contributed by atoms with Gasteiger partial charge in [-0.1, -0.05) is 36.4 Å². The van der Waals surface area contributed by atoms with Crippen LogP contribution in [0.5, 0.6) is 5.75 Å². The van der Waals surface area contributed by atoms with E-state index in [-0.39, 0.29) is 37.8 Å². The lowest BCUT2D eigenvalue weighted by Gasteiger charge is -2.12. The second-order valence-corrected chi connectivity index (χ2v) is 5.23. The molecular formula is C19H19N3O3. The summed E-state index contributed by atoms with van der Waals surface area (Å²) in [6.45, 7) is 0.522. The summed E-state index contributed by atoms with van der Waals surface area (Å²) in [6.07, 6.45) is 0.0232. The van der Waals surface area contributed by atoms with Crippen LogP contribution in [0.2, 0.25) is 0 Å². The number of carbonyl (C=O) groups is 2. The number of amides is 2. The Morgan fingerprint density at radius 2 is 1.72 bits per heavy atom. The van der Waals surface area contributed by atoms with Crippen molar-refractivity contribution in [3.8, 4) is 11.8 Å². The molecule has 2 N–H and O–H groups in total. The fraction of sp³-hybridized carbons (Fsp3) is 0.211. The zero-order valence-electron chi connectivity index (χ0n) is 13.7. The quantitative estimate of drug-likeness (QED) is 0.774. The Hall–Kier alpha value is -3.33. The SMILES string of the molecule is N#CCC(=O)NCc1ccccc1NC(=O)CCOc1ccccc1. The van der Waals surface area contributed by atoms with E-state index in [4.69, 9.17) is 10.00 Å². The fourth-order valence-corrected chi connectivity index (χ4v) is 2.12. The van der Waals surface area contributed by atoms with Crippen molar-refractivity contribution in [2.45, 2.75) is 19.4 Å². The number of carbonyl (C=O) groups excluding carboxylic acids is 2. The molecule has 6 nitrogen and oxygen atoms in total. The summed E-state index contributed by atoms with van der Waals surface area (Å²) >= 11 is 0. The standard InChI is InChI=1S/C19H19N3O3/c20-12-10-18(23)21-14-15-6-4-5-9-17(15)22-19(24)11-13-25-16-7-2-1-3-8-16/h1-9H,10-11,13-14H2,(H,21,23)(H,22,24). The summed E-state index contributed by atoms with van der Waals surface area (Å²) in [4.78, 5) is 23.5. The first-order chi connectivity index (χ1) is 12.2. The summed E-state index contributed by atoms with van der Waals surface area (Å²) in [5.74, 6) is 0.197. The third-order valence-electron chi connectivity index (χ3n) is 3.35. The number of rotatable bonds is 8. The monoisotopic (exact) mass is 337 g/mol. The zero-order valence-corrected chi connectivity index (χ0v) is 13.7. The Bertz CT molecular complexity index is 754. The van der Waals surface area contributed by atoms with Gasteiger partial charge in [0.2, 0.25) is 11.8 Å². The summed E-state index contributed by atoms with van der Waals surface area (Å²) in [6, 6.07) is 18.3. The molecule has 128 valence electrons. The van der Waals surface area contributed by atoms with Gasteiger partial charge in [0.1, 0.15) is 12.2 Å². The van der Waals surface area contributed by atoms with E-state index in [2.05, 4.69) is 10.6 Å². The maximum Gasteiger partial charge on any atom is 0.234 e. The Morgan fingerprint density at radius 3 is 2.48 bits per heavy atom. The summed E-state index contributed by atoms with van der Waals surface area (Å²) < 4.78 is 5.50. The number of nitriles is 1. The molecule has 25 heavy (non-hydrogen) atoms. The maximum atomic E-state index is 12.1. The number of nitrogens with zero attached hydrogens (tertiary/aromatic N) is 1. The van der Waals surface area contributed by atoms with Crippen LogP contribution in [-0.2, 0) is 16.1 Å². The average molecular weight is 337 g/mol. The molecule has 0 saturated carbocycles. The molecule has 2 amide bonds. The lowest BCUT2D eigenvalue weighted by atomic mass is 10.1. The van der Waals surface area contributed by atoms with Crippen molar-refractivity contribution in [1.29, 1.82) is 5.26 Å². The largest absolute Gasteiger partial charge is 0.493 e. The van der Waals surface area contributed by atoms with Crippen molar-refractivity contribution < 1.29 is 14.3 Å². The van der Waals surface area contributed by atoms with Gasteiger partial charge in [-0.05, 0) is 23.8 Å². The normalized spacial score (nSPS) is 9.72. The Kier molecular flexibility index (Phi) is 7.01. The van der Waals surface area contributed by atoms with Gasteiger partial charge in [-0.25, -0.2) is 0 Å². The second-order valence-electron chi connectivity index (χ2n) is 5.23. The van der Waals surface area contributed by atoms with Gasteiger partial charge < -0.3 is 15.4 Å². The number of nitrogens with one attached hydrogen (secondary N) is 2. The van der Waals surface area contributed by atoms with Crippen LogP contribution < -0.4 is 15.4 Å². The van der Waals surface area contributed by atoms with E-state index in [1.54, 1.807) is 18.2 Å². The predicted octanol–water partition coefficient (Wildman–Crippen LogP) is 2.62. The van der Waals surface area contributed by atoms with Crippen LogP contribution in [0.1, 0.15) is 18.4 Å². The predicted molar refractivity (Wildman–Crippen MR) is 93.7 cm³/mol. The minimum absolute atomic E-state index is 0.174. The lowest BCUT2D eigenvalue weighted by molar-refractivity contribution is -0.120. The van der Waals surface area contributed by atoms with Gasteiger partial charge in [0.15, 0.2) is 0 Å². The molecular weight excluding hydrogens is 318 g/mol. The highest BCUT2D eigenvalue weighted by atomic mass is 16.5. The second kappa shape index (κ2) is 9.73. The molecule has 0 fully saturated rings. The third-order valence-corrected chi connectivity index (χ3v) is 3.35. The highest BCUT2D eigenvalue weighted by Crippen LogP contribution is 2.15. The van der Waals surface area contributed by atoms with E-state index in [1.165, 1.54) is 0 Å². The van der Waals surface area contributed by atoms with Gasteiger partial charge >= 0.3 is 0 Å². The van der Waals surface area contributed by atoms with Gasteiger partial charge in [0, 0.05) is 12.2 Å². The molecule has 0 aromatic heterocycles. The molecule has 2 rings (SSSR count). The van der Waals surface area contributed by atoms with Gasteiger partial charge in [-0.2, -0.15) is 5.26 Å². The molecule has 0 atom stereocenters. The highest BCUT2D eigenvalue weighted by Gasteiger charge is 2.08. The number of anilines is 1. The summed E-state index contributed by atoms with van der Waals surface area (Å²) in [7, 11) is 0. The maximum absolute atomic E-state index is 12.1. The van der Waals surface area contributed by atoms with Crippen LogP contribution in [0.3, 0.4) is 0 Å². The number of benzene rings is 2. The summed E-state index contributed by atoms with van der Waals surface area (Å²) in [5, 5.41) is 14.0. The van der Waals surface area contributed by atoms with Crippen LogP contribution in [0.4, 0.5) is 5.69 Å². The van der Waals surface area contributed by atoms with Crippen molar-refractivity contribution in [2.75, 3.05) is 11.9 Å². The van der Waals surface area contributed by atoms with Crippen molar-refractivity contribution in [2.24, 2.45) is 0 Å². The first-order valence-electron chi connectivity index (χ1n) is 7.88. The highest BCUT2D eigenvalue weighted by molar-refractivity contribution is 5.91. The minimum atomic E-state index is -0.347. The average Bonchev–Trinajstić information content (AvgIpc) is 2.62. The third kappa shape index (κ3) is 6.36. The fourth-order valence-electron chi connectivity index (χ4n) is 2.12. The first kappa shape index (κ1) is 18.0. The van der Waals surface area contributed by atoms with E-state index in [0.717, 1.165) is 11.3 Å². The van der Waals surface area contributed by atoms with E-state index in [1.807, 2.05) is 42.5 Å². The van der Waals surface area contributed by atoms with Crippen molar-refractivity contribution in [1.82, 2.24) is 5.32 Å². The molecule has 0 spiro atoms. The van der Waals surface area contributed by atoms with E-state index >= 15 is 0 Å².